The summed E-state index contributed by atoms with van der Waals surface area (Å²) in [7, 11) is 1.53. The zero-order chi connectivity index (χ0) is 24.3. The predicted molar refractivity (Wildman–Crippen MR) is 139 cm³/mol. The maximum Gasteiger partial charge on any atom is 0.255 e. The van der Waals surface area contributed by atoms with Crippen molar-refractivity contribution in [2.24, 2.45) is 5.92 Å². The van der Waals surface area contributed by atoms with Crippen LogP contribution in [0.5, 0.6) is 5.75 Å². The number of ether oxygens (including phenoxy) is 1. The second-order valence-electron chi connectivity index (χ2n) is 9.00. The van der Waals surface area contributed by atoms with Gasteiger partial charge in [0.1, 0.15) is 11.8 Å². The van der Waals surface area contributed by atoms with Gasteiger partial charge in [-0.25, -0.2) is 0 Å². The van der Waals surface area contributed by atoms with Crippen molar-refractivity contribution in [1.29, 1.82) is 0 Å². The second kappa shape index (κ2) is 13.4. The number of piperidine rings is 1. The second-order valence-corrected chi connectivity index (χ2v) is 9.99. The molecule has 2 amide bonds. The summed E-state index contributed by atoms with van der Waals surface area (Å²) in [5.41, 5.74) is 2.77. The maximum atomic E-state index is 12.9. The lowest BCUT2D eigenvalue weighted by molar-refractivity contribution is -0.123. The van der Waals surface area contributed by atoms with Gasteiger partial charge in [-0.1, -0.05) is 43.3 Å². The molecule has 3 rings (SSSR count). The number of para-hydroxylation sites is 1. The fourth-order valence-electron chi connectivity index (χ4n) is 4.13. The molecule has 0 bridgehead atoms. The molecule has 6 nitrogen and oxygen atoms in total. The molecule has 0 radical (unpaired) electrons. The summed E-state index contributed by atoms with van der Waals surface area (Å²) < 4.78 is 5.29. The lowest BCUT2D eigenvalue weighted by Gasteiger charge is -2.30. The average Bonchev–Trinajstić information content (AvgIpc) is 2.87. The summed E-state index contributed by atoms with van der Waals surface area (Å²) in [6, 6.07) is 14.9. The first-order valence-corrected chi connectivity index (χ1v) is 13.4. The van der Waals surface area contributed by atoms with Gasteiger partial charge in [-0.05, 0) is 73.5 Å². The lowest BCUT2D eigenvalue weighted by Crippen LogP contribution is -2.47. The molecule has 2 aromatic rings. The number of likely N-dealkylation sites (tertiary alicyclic amines) is 1. The van der Waals surface area contributed by atoms with Crippen molar-refractivity contribution in [3.05, 3.63) is 65.2 Å². The standard InChI is InChI=1S/C27H37N3O3S/c1-20-12-15-30(16-13-20)19-22-10-8-21(9-11-22)18-28-27(32)24(14-17-34-3)29-26(31)23-6-4-5-7-25(23)33-2/h4-11,20,24H,12-19H2,1-3H3,(H,28,32)(H,29,31). The highest BCUT2D eigenvalue weighted by Crippen LogP contribution is 2.19. The number of carbonyl (C=O) groups excluding carboxylic acids is 2. The Labute approximate surface area is 207 Å². The topological polar surface area (TPSA) is 70.7 Å². The van der Waals surface area contributed by atoms with Gasteiger partial charge in [0.05, 0.1) is 12.7 Å². The third kappa shape index (κ3) is 7.77. The number of benzene rings is 2. The van der Waals surface area contributed by atoms with Crippen LogP contribution in [-0.4, -0.2) is 55.0 Å². The van der Waals surface area contributed by atoms with Crippen molar-refractivity contribution in [1.82, 2.24) is 15.5 Å². The summed E-state index contributed by atoms with van der Waals surface area (Å²) in [4.78, 5) is 28.3. The van der Waals surface area contributed by atoms with Gasteiger partial charge in [0.25, 0.3) is 5.91 Å². The molecule has 1 heterocycles. The highest BCUT2D eigenvalue weighted by atomic mass is 32.2. The number of methoxy groups -OCH3 is 1. The van der Waals surface area contributed by atoms with Crippen LogP contribution in [0.3, 0.4) is 0 Å². The van der Waals surface area contributed by atoms with Crippen LogP contribution in [0.15, 0.2) is 48.5 Å². The van der Waals surface area contributed by atoms with Gasteiger partial charge >= 0.3 is 0 Å². The molecular weight excluding hydrogens is 446 g/mol. The minimum atomic E-state index is -0.606. The number of rotatable bonds is 11. The number of thioether (sulfide) groups is 1. The van der Waals surface area contributed by atoms with E-state index < -0.39 is 6.04 Å². The number of carbonyl (C=O) groups is 2. The van der Waals surface area contributed by atoms with E-state index in [1.807, 2.05) is 12.3 Å². The third-order valence-corrected chi connectivity index (χ3v) is 7.00. The lowest BCUT2D eigenvalue weighted by atomic mass is 9.99. The first-order chi connectivity index (χ1) is 16.5. The molecule has 2 N–H and O–H groups in total. The van der Waals surface area contributed by atoms with Crippen LogP contribution in [0.4, 0.5) is 0 Å². The van der Waals surface area contributed by atoms with E-state index in [1.54, 1.807) is 30.0 Å². The van der Waals surface area contributed by atoms with Crippen molar-refractivity contribution >= 4 is 23.6 Å². The molecule has 0 saturated carbocycles. The molecule has 7 heteroatoms. The Hall–Kier alpha value is -2.51. The van der Waals surface area contributed by atoms with Crippen LogP contribution in [-0.2, 0) is 17.9 Å². The highest BCUT2D eigenvalue weighted by molar-refractivity contribution is 7.98. The highest BCUT2D eigenvalue weighted by Gasteiger charge is 2.22. The molecule has 0 aliphatic carbocycles. The molecule has 1 atom stereocenters. The smallest absolute Gasteiger partial charge is 0.255 e. The van der Waals surface area contributed by atoms with E-state index in [1.165, 1.54) is 25.5 Å². The Kier molecular flexibility index (Phi) is 10.3. The van der Waals surface area contributed by atoms with Crippen LogP contribution in [0.25, 0.3) is 0 Å². The first kappa shape index (κ1) is 26.1. The largest absolute Gasteiger partial charge is 0.496 e. The number of hydrogen-bond acceptors (Lipinski definition) is 5. The van der Waals surface area contributed by atoms with Gasteiger partial charge < -0.3 is 15.4 Å². The van der Waals surface area contributed by atoms with Crippen molar-refractivity contribution < 1.29 is 14.3 Å². The van der Waals surface area contributed by atoms with Gasteiger partial charge in [-0.3, -0.25) is 14.5 Å². The van der Waals surface area contributed by atoms with E-state index in [0.29, 0.717) is 24.3 Å². The fraction of sp³-hybridized carbons (Fsp3) is 0.481. The normalized spacial score (nSPS) is 15.5. The molecule has 0 aromatic heterocycles. The Balaban J connectivity index is 1.54. The van der Waals surface area contributed by atoms with Crippen LogP contribution in [0.1, 0.15) is 47.7 Å². The third-order valence-electron chi connectivity index (χ3n) is 6.36. The molecule has 1 aliphatic heterocycles. The maximum absolute atomic E-state index is 12.9. The summed E-state index contributed by atoms with van der Waals surface area (Å²) in [6.45, 7) is 6.07. The van der Waals surface area contributed by atoms with Gasteiger partial charge in [-0.15, -0.1) is 0 Å². The van der Waals surface area contributed by atoms with Gasteiger partial charge in [0, 0.05) is 13.1 Å². The van der Waals surface area contributed by atoms with Crippen molar-refractivity contribution in [2.45, 2.75) is 45.3 Å². The summed E-state index contributed by atoms with van der Waals surface area (Å²) in [6.07, 6.45) is 5.09. The molecule has 1 unspecified atom stereocenters. The van der Waals surface area contributed by atoms with E-state index in [2.05, 4.69) is 46.7 Å². The molecule has 184 valence electrons. The number of nitrogens with one attached hydrogen (secondary N) is 2. The van der Waals surface area contributed by atoms with E-state index in [9.17, 15) is 9.59 Å². The average molecular weight is 484 g/mol. The van der Waals surface area contributed by atoms with E-state index in [4.69, 9.17) is 4.74 Å². The van der Waals surface area contributed by atoms with Crippen molar-refractivity contribution in [2.75, 3.05) is 32.2 Å². The monoisotopic (exact) mass is 483 g/mol. The Bertz CT molecular complexity index is 927. The summed E-state index contributed by atoms with van der Waals surface area (Å²) in [5.74, 6) is 1.61. The SMILES string of the molecule is COc1ccccc1C(=O)NC(CCSC)C(=O)NCc1ccc(CN2CCC(C)CC2)cc1. The first-order valence-electron chi connectivity index (χ1n) is 12.0. The molecule has 1 fully saturated rings. The quantitative estimate of drug-likeness (QED) is 0.504. The van der Waals surface area contributed by atoms with Crippen LogP contribution in [0, 0.1) is 5.92 Å². The van der Waals surface area contributed by atoms with Crippen LogP contribution >= 0.6 is 11.8 Å². The van der Waals surface area contributed by atoms with E-state index >= 15 is 0 Å². The zero-order valence-corrected chi connectivity index (χ0v) is 21.3. The minimum absolute atomic E-state index is 0.177. The number of hydrogen-bond donors (Lipinski definition) is 2. The Morgan fingerprint density at radius 3 is 2.44 bits per heavy atom. The number of nitrogens with zero attached hydrogens (tertiary/aromatic N) is 1. The molecule has 1 aliphatic rings. The Morgan fingerprint density at radius 2 is 1.76 bits per heavy atom. The van der Waals surface area contributed by atoms with Crippen LogP contribution in [0.2, 0.25) is 0 Å². The summed E-state index contributed by atoms with van der Waals surface area (Å²) in [5, 5.41) is 5.88. The molecular formula is C27H37N3O3S. The van der Waals surface area contributed by atoms with Gasteiger partial charge in [0.15, 0.2) is 0 Å². The molecule has 2 aromatic carbocycles. The van der Waals surface area contributed by atoms with Gasteiger partial charge in [0.2, 0.25) is 5.91 Å². The number of amides is 2. The van der Waals surface area contributed by atoms with Gasteiger partial charge in [-0.2, -0.15) is 11.8 Å². The van der Waals surface area contributed by atoms with Crippen molar-refractivity contribution in [3.63, 3.8) is 0 Å². The molecule has 34 heavy (non-hydrogen) atoms. The van der Waals surface area contributed by atoms with E-state index in [-0.39, 0.29) is 11.8 Å². The fourth-order valence-corrected chi connectivity index (χ4v) is 4.60. The van der Waals surface area contributed by atoms with E-state index in [0.717, 1.165) is 36.9 Å². The van der Waals surface area contributed by atoms with Crippen LogP contribution < -0.4 is 15.4 Å². The molecule has 1 saturated heterocycles. The minimum Gasteiger partial charge on any atom is -0.496 e. The summed E-state index contributed by atoms with van der Waals surface area (Å²) >= 11 is 1.65. The Morgan fingerprint density at radius 1 is 1.09 bits per heavy atom. The van der Waals surface area contributed by atoms with Crippen molar-refractivity contribution in [3.8, 4) is 5.75 Å². The predicted octanol–water partition coefficient (Wildman–Crippen LogP) is 4.10. The molecule has 0 spiro atoms. The zero-order valence-electron chi connectivity index (χ0n) is 20.5.